The summed E-state index contributed by atoms with van der Waals surface area (Å²) in [5, 5.41) is 1.32. The summed E-state index contributed by atoms with van der Waals surface area (Å²) in [6, 6.07) is 6.72. The van der Waals surface area contributed by atoms with Gasteiger partial charge < -0.3 is 14.2 Å². The van der Waals surface area contributed by atoms with Gasteiger partial charge in [0.25, 0.3) is 0 Å². The third-order valence-electron chi connectivity index (χ3n) is 5.96. The number of fused-ring (bicyclic) bond motifs is 2. The van der Waals surface area contributed by atoms with E-state index in [0.717, 1.165) is 25.8 Å². The molecule has 1 saturated heterocycles. The Bertz CT molecular complexity index is 778. The number of rotatable bonds is 3. The van der Waals surface area contributed by atoms with Crippen LogP contribution in [0.25, 0.3) is 10.9 Å². The summed E-state index contributed by atoms with van der Waals surface area (Å²) in [5.41, 5.74) is 3.83. The maximum atomic E-state index is 12.9. The Morgan fingerprint density at radius 3 is 3.00 bits per heavy atom. The van der Waals surface area contributed by atoms with Gasteiger partial charge >= 0.3 is 0 Å². The van der Waals surface area contributed by atoms with E-state index in [1.165, 1.54) is 34.9 Å². The molecule has 4 nitrogen and oxygen atoms in total. The van der Waals surface area contributed by atoms with Gasteiger partial charge in [-0.15, -0.1) is 0 Å². The Morgan fingerprint density at radius 2 is 2.12 bits per heavy atom. The van der Waals surface area contributed by atoms with E-state index in [-0.39, 0.29) is 6.10 Å². The molecule has 2 atom stereocenters. The summed E-state index contributed by atoms with van der Waals surface area (Å²) in [4.78, 5) is 15.0. The SMILES string of the molecule is Cc1cccc2c1c(CCC(=O)N1CCO[C@@H]3CCCCC31)cn2C. The van der Waals surface area contributed by atoms with Crippen LogP contribution in [0.4, 0.5) is 0 Å². The van der Waals surface area contributed by atoms with Gasteiger partial charge in [0.2, 0.25) is 5.91 Å². The topological polar surface area (TPSA) is 34.5 Å². The first kappa shape index (κ1) is 16.6. The molecule has 1 aromatic heterocycles. The lowest BCUT2D eigenvalue weighted by molar-refractivity contribution is -0.149. The van der Waals surface area contributed by atoms with Gasteiger partial charge in [-0.05, 0) is 43.4 Å². The van der Waals surface area contributed by atoms with Crippen molar-refractivity contribution in [3.05, 3.63) is 35.5 Å². The molecular formula is C21H28N2O2. The number of carbonyl (C=O) groups is 1. The number of ether oxygens (including phenoxy) is 1. The molecule has 1 saturated carbocycles. The number of morpholine rings is 1. The smallest absolute Gasteiger partial charge is 0.223 e. The van der Waals surface area contributed by atoms with Crippen LogP contribution in [0.1, 0.15) is 43.2 Å². The fourth-order valence-electron chi connectivity index (χ4n) is 4.71. The predicted molar refractivity (Wildman–Crippen MR) is 99.7 cm³/mol. The van der Waals surface area contributed by atoms with Crippen molar-refractivity contribution in [2.24, 2.45) is 7.05 Å². The standard InChI is InChI=1S/C21H28N2O2/c1-15-6-5-8-18-21(15)16(14-22(18)2)10-11-20(24)23-12-13-25-19-9-4-3-7-17(19)23/h5-6,8,14,17,19H,3-4,7,9-13H2,1-2H3/t17?,19-/m1/s1. The van der Waals surface area contributed by atoms with Gasteiger partial charge in [-0.2, -0.15) is 0 Å². The van der Waals surface area contributed by atoms with E-state index in [0.29, 0.717) is 25.0 Å². The highest BCUT2D eigenvalue weighted by Gasteiger charge is 2.36. The molecular weight excluding hydrogens is 312 g/mol. The minimum atomic E-state index is 0.270. The molecule has 2 fully saturated rings. The van der Waals surface area contributed by atoms with Crippen LogP contribution in [0.2, 0.25) is 0 Å². The highest BCUT2D eigenvalue weighted by molar-refractivity contribution is 5.88. The molecule has 0 spiro atoms. The van der Waals surface area contributed by atoms with Gasteiger partial charge in [-0.1, -0.05) is 25.0 Å². The van der Waals surface area contributed by atoms with Crippen molar-refractivity contribution >= 4 is 16.8 Å². The highest BCUT2D eigenvalue weighted by atomic mass is 16.5. The van der Waals surface area contributed by atoms with E-state index < -0.39 is 0 Å². The van der Waals surface area contributed by atoms with Crippen LogP contribution in [-0.4, -0.2) is 40.7 Å². The lowest BCUT2D eigenvalue weighted by Gasteiger charge is -2.43. The van der Waals surface area contributed by atoms with Crippen molar-refractivity contribution in [1.29, 1.82) is 0 Å². The van der Waals surface area contributed by atoms with Crippen LogP contribution in [-0.2, 0) is 23.0 Å². The quantitative estimate of drug-likeness (QED) is 0.856. The Labute approximate surface area is 149 Å². The number of aromatic nitrogens is 1. The zero-order chi connectivity index (χ0) is 17.4. The van der Waals surface area contributed by atoms with E-state index >= 15 is 0 Å². The molecule has 1 unspecified atom stereocenters. The molecule has 2 aromatic rings. The molecule has 0 N–H and O–H groups in total. The fraction of sp³-hybridized carbons (Fsp3) is 0.571. The van der Waals surface area contributed by atoms with Gasteiger partial charge in [0.1, 0.15) is 0 Å². The van der Waals surface area contributed by atoms with Crippen molar-refractivity contribution in [2.75, 3.05) is 13.2 Å². The summed E-state index contributed by atoms with van der Waals surface area (Å²) in [6.45, 7) is 3.61. The average molecular weight is 340 g/mol. The van der Waals surface area contributed by atoms with E-state index in [1.807, 2.05) is 0 Å². The second kappa shape index (κ2) is 6.83. The first-order chi connectivity index (χ1) is 12.1. The first-order valence-corrected chi connectivity index (χ1v) is 9.60. The second-order valence-electron chi connectivity index (χ2n) is 7.58. The van der Waals surface area contributed by atoms with E-state index in [9.17, 15) is 4.79 Å². The number of amides is 1. The van der Waals surface area contributed by atoms with Crippen molar-refractivity contribution in [3.8, 4) is 0 Å². The fourth-order valence-corrected chi connectivity index (χ4v) is 4.71. The summed E-state index contributed by atoms with van der Waals surface area (Å²) in [7, 11) is 2.09. The normalized spacial score (nSPS) is 23.7. The molecule has 2 aliphatic rings. The summed E-state index contributed by atoms with van der Waals surface area (Å²) >= 11 is 0. The molecule has 134 valence electrons. The minimum Gasteiger partial charge on any atom is -0.374 e. The molecule has 4 rings (SSSR count). The molecule has 1 amide bonds. The molecule has 0 radical (unpaired) electrons. The van der Waals surface area contributed by atoms with Crippen LogP contribution in [0.15, 0.2) is 24.4 Å². The van der Waals surface area contributed by atoms with Gasteiger partial charge in [0.05, 0.1) is 18.8 Å². The summed E-state index contributed by atoms with van der Waals surface area (Å²) in [5.74, 6) is 0.297. The average Bonchev–Trinajstić information content (AvgIpc) is 2.96. The second-order valence-corrected chi connectivity index (χ2v) is 7.58. The Hall–Kier alpha value is -1.81. The van der Waals surface area contributed by atoms with Gasteiger partial charge in [-0.3, -0.25) is 4.79 Å². The molecule has 1 aliphatic carbocycles. The van der Waals surface area contributed by atoms with Crippen LogP contribution in [0, 0.1) is 6.92 Å². The zero-order valence-corrected chi connectivity index (χ0v) is 15.3. The monoisotopic (exact) mass is 340 g/mol. The first-order valence-electron chi connectivity index (χ1n) is 9.60. The third kappa shape index (κ3) is 3.08. The van der Waals surface area contributed by atoms with Crippen LogP contribution < -0.4 is 0 Å². The Morgan fingerprint density at radius 1 is 1.28 bits per heavy atom. The highest BCUT2D eigenvalue weighted by Crippen LogP contribution is 2.30. The van der Waals surface area contributed by atoms with Gasteiger partial charge in [0.15, 0.2) is 0 Å². The molecule has 0 bridgehead atoms. The Balaban J connectivity index is 1.49. The van der Waals surface area contributed by atoms with Crippen LogP contribution in [0.3, 0.4) is 0 Å². The number of hydrogen-bond acceptors (Lipinski definition) is 2. The number of aryl methyl sites for hydroxylation is 3. The maximum absolute atomic E-state index is 12.9. The lowest BCUT2D eigenvalue weighted by atomic mass is 9.90. The number of hydrogen-bond donors (Lipinski definition) is 0. The molecule has 4 heteroatoms. The lowest BCUT2D eigenvalue weighted by Crippen LogP contribution is -2.54. The van der Waals surface area contributed by atoms with Crippen LogP contribution in [0.5, 0.6) is 0 Å². The summed E-state index contributed by atoms with van der Waals surface area (Å²) < 4.78 is 8.08. The molecule has 2 heterocycles. The van der Waals surface area contributed by atoms with E-state index in [4.69, 9.17) is 4.74 Å². The zero-order valence-electron chi connectivity index (χ0n) is 15.3. The van der Waals surface area contributed by atoms with E-state index in [2.05, 4.69) is 47.8 Å². The predicted octanol–water partition coefficient (Wildman–Crippen LogP) is 3.59. The molecule has 25 heavy (non-hydrogen) atoms. The summed E-state index contributed by atoms with van der Waals surface area (Å²) in [6.07, 6.45) is 8.53. The minimum absolute atomic E-state index is 0.270. The Kier molecular flexibility index (Phi) is 4.55. The maximum Gasteiger partial charge on any atom is 0.223 e. The van der Waals surface area contributed by atoms with Crippen molar-refractivity contribution < 1.29 is 9.53 Å². The molecule has 1 aromatic carbocycles. The van der Waals surface area contributed by atoms with Crippen LogP contribution >= 0.6 is 0 Å². The van der Waals surface area contributed by atoms with Gasteiger partial charge in [0, 0.05) is 37.1 Å². The number of nitrogens with zero attached hydrogens (tertiary/aromatic N) is 2. The molecule has 1 aliphatic heterocycles. The third-order valence-corrected chi connectivity index (χ3v) is 5.96. The number of benzene rings is 1. The van der Waals surface area contributed by atoms with E-state index in [1.54, 1.807) is 0 Å². The van der Waals surface area contributed by atoms with Crippen molar-refractivity contribution in [3.63, 3.8) is 0 Å². The van der Waals surface area contributed by atoms with Gasteiger partial charge in [-0.25, -0.2) is 0 Å². The van der Waals surface area contributed by atoms with Crippen molar-refractivity contribution in [1.82, 2.24) is 9.47 Å². The largest absolute Gasteiger partial charge is 0.374 e. The van der Waals surface area contributed by atoms with Crippen molar-refractivity contribution in [2.45, 2.75) is 57.6 Å². The number of carbonyl (C=O) groups excluding carboxylic acids is 1.